The number of aliphatic hydroxyl groups is 1. The van der Waals surface area contributed by atoms with Gasteiger partial charge in [0.25, 0.3) is 0 Å². The van der Waals surface area contributed by atoms with Gasteiger partial charge in [0.1, 0.15) is 0 Å². The number of morpholine rings is 1. The van der Waals surface area contributed by atoms with E-state index in [-0.39, 0.29) is 5.92 Å². The lowest BCUT2D eigenvalue weighted by Crippen LogP contribution is -2.36. The minimum atomic E-state index is -0.652. The normalized spacial score (nSPS) is 17.2. The molecule has 2 aromatic carbocycles. The minimum absolute atomic E-state index is 0.130. The molecule has 0 amide bonds. The van der Waals surface area contributed by atoms with Crippen LogP contribution in [-0.2, 0) is 4.74 Å². The summed E-state index contributed by atoms with van der Waals surface area (Å²) in [4.78, 5) is 2.28. The smallest absolute Gasteiger partial charge is 0.0871 e. The van der Waals surface area contributed by atoms with Gasteiger partial charge in [-0.2, -0.15) is 0 Å². The van der Waals surface area contributed by atoms with Gasteiger partial charge in [-0.05, 0) is 42.4 Å². The van der Waals surface area contributed by atoms with E-state index in [4.69, 9.17) is 27.9 Å². The highest BCUT2D eigenvalue weighted by Gasteiger charge is 2.24. The average molecular weight is 395 g/mol. The molecule has 4 nitrogen and oxygen atoms in total. The standard InChI is InChI=1S/C20H24Cl2N2O2/c1-23-13-17(14-5-6-18(21)19(22)12-14)20(25)15-3-2-4-16(11-15)24-7-9-26-10-8-24/h2-6,11-12,17,20,23,25H,7-10,13H2,1H3. The highest BCUT2D eigenvalue weighted by Crippen LogP contribution is 2.35. The first-order valence-electron chi connectivity index (χ1n) is 8.80. The maximum atomic E-state index is 11.1. The Morgan fingerprint density at radius 2 is 1.85 bits per heavy atom. The molecule has 2 unspecified atom stereocenters. The van der Waals surface area contributed by atoms with Crippen LogP contribution in [0.25, 0.3) is 0 Å². The fourth-order valence-corrected chi connectivity index (χ4v) is 3.64. The van der Waals surface area contributed by atoms with Gasteiger partial charge in [0.05, 0.1) is 29.4 Å². The Hall–Kier alpha value is -1.30. The van der Waals surface area contributed by atoms with E-state index < -0.39 is 6.10 Å². The summed E-state index contributed by atoms with van der Waals surface area (Å²) in [7, 11) is 1.88. The molecule has 1 aliphatic heterocycles. The molecule has 0 aromatic heterocycles. The number of nitrogens with one attached hydrogen (secondary N) is 1. The lowest BCUT2D eigenvalue weighted by atomic mass is 9.89. The number of hydrogen-bond donors (Lipinski definition) is 2. The van der Waals surface area contributed by atoms with Gasteiger partial charge in [-0.1, -0.05) is 41.4 Å². The molecule has 0 bridgehead atoms. The number of likely N-dealkylation sites (N-methyl/N-ethyl adjacent to an activating group) is 1. The highest BCUT2D eigenvalue weighted by atomic mass is 35.5. The maximum Gasteiger partial charge on any atom is 0.0871 e. The van der Waals surface area contributed by atoms with Crippen molar-refractivity contribution in [1.29, 1.82) is 0 Å². The Morgan fingerprint density at radius 3 is 2.54 bits per heavy atom. The summed E-state index contributed by atoms with van der Waals surface area (Å²) in [5.74, 6) is -0.130. The number of halogens is 2. The summed E-state index contributed by atoms with van der Waals surface area (Å²) < 4.78 is 5.43. The van der Waals surface area contributed by atoms with Gasteiger partial charge >= 0.3 is 0 Å². The second-order valence-electron chi connectivity index (χ2n) is 6.48. The summed E-state index contributed by atoms with van der Waals surface area (Å²) in [5, 5.41) is 15.3. The van der Waals surface area contributed by atoms with Gasteiger partial charge in [0.15, 0.2) is 0 Å². The van der Waals surface area contributed by atoms with Crippen molar-refractivity contribution >= 4 is 28.9 Å². The van der Waals surface area contributed by atoms with E-state index in [0.29, 0.717) is 16.6 Å². The zero-order chi connectivity index (χ0) is 18.5. The molecule has 0 saturated carbocycles. The number of hydrogen-bond acceptors (Lipinski definition) is 4. The molecule has 3 rings (SSSR count). The van der Waals surface area contributed by atoms with Crippen molar-refractivity contribution in [3.05, 3.63) is 63.6 Å². The fourth-order valence-electron chi connectivity index (χ4n) is 3.33. The second kappa shape index (κ2) is 9.07. The van der Waals surface area contributed by atoms with E-state index in [9.17, 15) is 5.11 Å². The molecule has 0 aliphatic carbocycles. The molecule has 6 heteroatoms. The Bertz CT molecular complexity index is 736. The van der Waals surface area contributed by atoms with E-state index in [0.717, 1.165) is 43.1 Å². The molecule has 2 N–H and O–H groups in total. The van der Waals surface area contributed by atoms with Crippen LogP contribution in [0.2, 0.25) is 10.0 Å². The van der Waals surface area contributed by atoms with Gasteiger partial charge in [0, 0.05) is 31.2 Å². The van der Waals surface area contributed by atoms with Crippen LogP contribution in [0.3, 0.4) is 0 Å². The molecule has 2 atom stereocenters. The summed E-state index contributed by atoms with van der Waals surface area (Å²) in [6.07, 6.45) is -0.652. The molecule has 1 aliphatic rings. The van der Waals surface area contributed by atoms with E-state index >= 15 is 0 Å². The maximum absolute atomic E-state index is 11.1. The number of benzene rings is 2. The van der Waals surface area contributed by atoms with Gasteiger partial charge in [-0.3, -0.25) is 0 Å². The van der Waals surface area contributed by atoms with Crippen molar-refractivity contribution in [2.24, 2.45) is 0 Å². The third-order valence-electron chi connectivity index (χ3n) is 4.76. The summed E-state index contributed by atoms with van der Waals surface area (Å²) in [6.45, 7) is 3.83. The van der Waals surface area contributed by atoms with Gasteiger partial charge < -0.3 is 20.1 Å². The number of nitrogens with zero attached hydrogens (tertiary/aromatic N) is 1. The molecular weight excluding hydrogens is 371 g/mol. The minimum Gasteiger partial charge on any atom is -0.388 e. The van der Waals surface area contributed by atoms with Crippen molar-refractivity contribution < 1.29 is 9.84 Å². The summed E-state index contributed by atoms with van der Waals surface area (Å²) in [5.41, 5.74) is 2.96. The second-order valence-corrected chi connectivity index (χ2v) is 7.29. The fraction of sp³-hybridized carbons (Fsp3) is 0.400. The van der Waals surface area contributed by atoms with Crippen LogP contribution in [0.15, 0.2) is 42.5 Å². The first kappa shape index (κ1) is 19.5. The van der Waals surface area contributed by atoms with Crippen molar-refractivity contribution in [2.45, 2.75) is 12.0 Å². The Balaban J connectivity index is 1.86. The predicted octanol–water partition coefficient (Wildman–Crippen LogP) is 3.87. The van der Waals surface area contributed by atoms with Crippen LogP contribution >= 0.6 is 23.2 Å². The first-order chi connectivity index (χ1) is 12.6. The lowest BCUT2D eigenvalue weighted by Gasteiger charge is -2.30. The van der Waals surface area contributed by atoms with Gasteiger partial charge in [0.2, 0.25) is 0 Å². The summed E-state index contributed by atoms with van der Waals surface area (Å²) >= 11 is 12.2. The molecular formula is C20H24Cl2N2O2. The lowest BCUT2D eigenvalue weighted by molar-refractivity contribution is 0.122. The molecule has 26 heavy (non-hydrogen) atoms. The number of aliphatic hydroxyl groups excluding tert-OH is 1. The number of rotatable bonds is 6. The van der Waals surface area contributed by atoms with Crippen molar-refractivity contribution in [3.63, 3.8) is 0 Å². The van der Waals surface area contributed by atoms with Crippen LogP contribution in [0.1, 0.15) is 23.1 Å². The van der Waals surface area contributed by atoms with Crippen molar-refractivity contribution in [3.8, 4) is 0 Å². The molecule has 1 saturated heterocycles. The average Bonchev–Trinajstić information content (AvgIpc) is 2.68. The summed E-state index contributed by atoms with van der Waals surface area (Å²) in [6, 6.07) is 13.6. The van der Waals surface area contributed by atoms with Crippen LogP contribution in [-0.4, -0.2) is 45.0 Å². The molecule has 0 spiro atoms. The quantitative estimate of drug-likeness (QED) is 0.780. The Labute approximate surface area is 164 Å². The molecule has 1 fully saturated rings. The highest BCUT2D eigenvalue weighted by molar-refractivity contribution is 6.42. The topological polar surface area (TPSA) is 44.7 Å². The molecule has 1 heterocycles. The van der Waals surface area contributed by atoms with Crippen LogP contribution < -0.4 is 10.2 Å². The molecule has 2 aromatic rings. The Kier molecular flexibility index (Phi) is 6.79. The van der Waals surface area contributed by atoms with E-state index in [2.05, 4.69) is 22.3 Å². The third kappa shape index (κ3) is 4.51. The van der Waals surface area contributed by atoms with Crippen LogP contribution in [0.4, 0.5) is 5.69 Å². The van der Waals surface area contributed by atoms with Gasteiger partial charge in [-0.15, -0.1) is 0 Å². The Morgan fingerprint density at radius 1 is 1.08 bits per heavy atom. The SMILES string of the molecule is CNCC(c1ccc(Cl)c(Cl)c1)C(O)c1cccc(N2CCOCC2)c1. The van der Waals surface area contributed by atoms with Crippen molar-refractivity contribution in [1.82, 2.24) is 5.32 Å². The number of ether oxygens (including phenoxy) is 1. The first-order valence-corrected chi connectivity index (χ1v) is 9.56. The van der Waals surface area contributed by atoms with E-state index in [1.807, 2.05) is 31.3 Å². The van der Waals surface area contributed by atoms with Crippen LogP contribution in [0, 0.1) is 0 Å². The predicted molar refractivity (Wildman–Crippen MR) is 108 cm³/mol. The van der Waals surface area contributed by atoms with E-state index in [1.54, 1.807) is 6.07 Å². The van der Waals surface area contributed by atoms with E-state index in [1.165, 1.54) is 0 Å². The zero-order valence-corrected chi connectivity index (χ0v) is 16.3. The molecule has 140 valence electrons. The van der Waals surface area contributed by atoms with Crippen molar-refractivity contribution in [2.75, 3.05) is 44.8 Å². The van der Waals surface area contributed by atoms with Gasteiger partial charge in [-0.25, -0.2) is 0 Å². The molecule has 0 radical (unpaired) electrons. The van der Waals surface area contributed by atoms with Crippen LogP contribution in [0.5, 0.6) is 0 Å². The zero-order valence-electron chi connectivity index (χ0n) is 14.8. The third-order valence-corrected chi connectivity index (χ3v) is 5.50. The number of anilines is 1. The largest absolute Gasteiger partial charge is 0.388 e. The monoisotopic (exact) mass is 394 g/mol.